The summed E-state index contributed by atoms with van der Waals surface area (Å²) < 4.78 is 23.2. The highest BCUT2D eigenvalue weighted by atomic mass is 32.1. The van der Waals surface area contributed by atoms with Gasteiger partial charge in [-0.25, -0.2) is 9.37 Å². The van der Waals surface area contributed by atoms with Crippen LogP contribution in [-0.4, -0.2) is 66.5 Å². The summed E-state index contributed by atoms with van der Waals surface area (Å²) in [5, 5.41) is 0.699. The van der Waals surface area contributed by atoms with E-state index in [-0.39, 0.29) is 18.3 Å². The van der Waals surface area contributed by atoms with Crippen molar-refractivity contribution in [1.29, 1.82) is 0 Å². The van der Waals surface area contributed by atoms with E-state index in [0.29, 0.717) is 37.1 Å². The van der Waals surface area contributed by atoms with Crippen molar-refractivity contribution >= 4 is 28.3 Å². The van der Waals surface area contributed by atoms with Gasteiger partial charge >= 0.3 is 0 Å². The van der Waals surface area contributed by atoms with Gasteiger partial charge in [0, 0.05) is 51.2 Å². The Morgan fingerprint density at radius 3 is 2.58 bits per heavy atom. The van der Waals surface area contributed by atoms with E-state index in [9.17, 15) is 9.18 Å². The van der Waals surface area contributed by atoms with Crippen molar-refractivity contribution in [3.8, 4) is 5.75 Å². The van der Waals surface area contributed by atoms with Crippen molar-refractivity contribution in [1.82, 2.24) is 14.3 Å². The fourth-order valence-corrected chi connectivity index (χ4v) is 4.46. The molecule has 0 spiro atoms. The smallest absolute Gasteiger partial charge is 0.242 e. The number of carbonyl (C=O) groups excluding carboxylic acids is 1. The Bertz CT molecular complexity index is 1070. The molecule has 0 saturated carbocycles. The molecule has 0 atom stereocenters. The number of anilines is 2. The lowest BCUT2D eigenvalue weighted by atomic mass is 10.1. The number of aromatic nitrogens is 2. The third-order valence-corrected chi connectivity index (χ3v) is 6.44. The van der Waals surface area contributed by atoms with Crippen LogP contribution in [0.25, 0.3) is 0 Å². The summed E-state index contributed by atoms with van der Waals surface area (Å²) in [6, 6.07) is 14.4. The van der Waals surface area contributed by atoms with Crippen LogP contribution in [0.15, 0.2) is 48.5 Å². The second-order valence-electron chi connectivity index (χ2n) is 7.92. The molecule has 1 fully saturated rings. The molecule has 33 heavy (non-hydrogen) atoms. The molecule has 1 aliphatic rings. The van der Waals surface area contributed by atoms with Crippen LogP contribution in [0.5, 0.6) is 5.75 Å². The van der Waals surface area contributed by atoms with Gasteiger partial charge in [0.1, 0.15) is 17.4 Å². The lowest BCUT2D eigenvalue weighted by Gasteiger charge is -2.37. The van der Waals surface area contributed by atoms with Gasteiger partial charge in [-0.2, -0.15) is 4.37 Å². The molecule has 7 nitrogen and oxygen atoms in total. The third-order valence-electron chi connectivity index (χ3n) is 5.57. The molecule has 0 aliphatic carbocycles. The van der Waals surface area contributed by atoms with Gasteiger partial charge in [-0.1, -0.05) is 24.3 Å². The van der Waals surface area contributed by atoms with Crippen LogP contribution < -0.4 is 14.5 Å². The first-order chi connectivity index (χ1) is 16.0. The van der Waals surface area contributed by atoms with Gasteiger partial charge < -0.3 is 19.4 Å². The highest BCUT2D eigenvalue weighted by Crippen LogP contribution is 2.29. The second kappa shape index (κ2) is 10.6. The molecule has 1 saturated heterocycles. The number of carbonyl (C=O) groups is 1. The van der Waals surface area contributed by atoms with Gasteiger partial charge in [0.05, 0.1) is 18.8 Å². The Morgan fingerprint density at radius 2 is 1.85 bits per heavy atom. The molecule has 174 valence electrons. The van der Waals surface area contributed by atoms with E-state index in [1.165, 1.54) is 23.7 Å². The van der Waals surface area contributed by atoms with Gasteiger partial charge in [0.15, 0.2) is 0 Å². The third kappa shape index (κ3) is 5.78. The maximum absolute atomic E-state index is 13.1. The SMILES string of the molecule is CCOc1ccccc1N1CCN(C(=O)CN(C)c2nc(Cc3ccc(F)cc3)ns2)CC1. The second-order valence-corrected chi connectivity index (χ2v) is 8.65. The van der Waals surface area contributed by atoms with Crippen molar-refractivity contribution in [2.75, 3.05) is 56.2 Å². The van der Waals surface area contributed by atoms with E-state index in [1.54, 1.807) is 12.1 Å². The number of para-hydroxylation sites is 2. The van der Waals surface area contributed by atoms with Crippen molar-refractivity contribution < 1.29 is 13.9 Å². The molecule has 4 rings (SSSR count). The monoisotopic (exact) mass is 469 g/mol. The van der Waals surface area contributed by atoms with E-state index >= 15 is 0 Å². The van der Waals surface area contributed by atoms with Crippen LogP contribution in [0.1, 0.15) is 18.3 Å². The van der Waals surface area contributed by atoms with Crippen molar-refractivity contribution in [2.45, 2.75) is 13.3 Å². The lowest BCUT2D eigenvalue weighted by molar-refractivity contribution is -0.129. The van der Waals surface area contributed by atoms with Crippen LogP contribution in [-0.2, 0) is 11.2 Å². The largest absolute Gasteiger partial charge is 0.492 e. The molecule has 9 heteroatoms. The van der Waals surface area contributed by atoms with E-state index in [4.69, 9.17) is 4.74 Å². The number of rotatable bonds is 8. The lowest BCUT2D eigenvalue weighted by Crippen LogP contribution is -2.51. The molecule has 0 unspecified atom stereocenters. The van der Waals surface area contributed by atoms with E-state index in [0.717, 1.165) is 30.1 Å². The molecule has 1 amide bonds. The summed E-state index contributed by atoms with van der Waals surface area (Å²) >= 11 is 1.27. The predicted octanol–water partition coefficient (Wildman–Crippen LogP) is 3.45. The minimum Gasteiger partial charge on any atom is -0.492 e. The maximum atomic E-state index is 13.1. The Balaban J connectivity index is 1.29. The van der Waals surface area contributed by atoms with Gasteiger partial charge in [0.25, 0.3) is 0 Å². The van der Waals surface area contributed by atoms with E-state index < -0.39 is 0 Å². The molecule has 2 heterocycles. The zero-order valence-corrected chi connectivity index (χ0v) is 19.7. The quantitative estimate of drug-likeness (QED) is 0.504. The maximum Gasteiger partial charge on any atom is 0.242 e. The first-order valence-electron chi connectivity index (χ1n) is 11.1. The summed E-state index contributed by atoms with van der Waals surface area (Å²) in [5.41, 5.74) is 2.02. The fraction of sp³-hybridized carbons (Fsp3) is 0.375. The Hall–Kier alpha value is -3.20. The van der Waals surface area contributed by atoms with Gasteiger partial charge in [0.2, 0.25) is 11.0 Å². The van der Waals surface area contributed by atoms with Gasteiger partial charge in [-0.05, 0) is 36.8 Å². The van der Waals surface area contributed by atoms with Crippen LogP contribution in [0.2, 0.25) is 0 Å². The minimum absolute atomic E-state index is 0.0746. The van der Waals surface area contributed by atoms with E-state index in [2.05, 4.69) is 20.3 Å². The number of piperazine rings is 1. The summed E-state index contributed by atoms with van der Waals surface area (Å²) in [6.45, 7) is 5.71. The number of nitrogens with zero attached hydrogens (tertiary/aromatic N) is 5. The molecule has 0 radical (unpaired) electrons. The fourth-order valence-electron chi connectivity index (χ4n) is 3.82. The highest BCUT2D eigenvalue weighted by Gasteiger charge is 2.24. The number of likely N-dealkylation sites (N-methyl/N-ethyl adjacent to an activating group) is 1. The zero-order chi connectivity index (χ0) is 23.2. The topological polar surface area (TPSA) is 61.8 Å². The standard InChI is InChI=1S/C24H28FN5O2S/c1-3-32-21-7-5-4-6-20(21)29-12-14-30(15-13-29)23(31)17-28(2)24-26-22(27-33-24)16-18-8-10-19(25)11-9-18/h4-11H,3,12-17H2,1-2H3. The number of benzene rings is 2. The average molecular weight is 470 g/mol. The number of amides is 1. The number of hydrogen-bond acceptors (Lipinski definition) is 7. The molecular weight excluding hydrogens is 441 g/mol. The predicted molar refractivity (Wildman–Crippen MR) is 129 cm³/mol. The van der Waals surface area contributed by atoms with Gasteiger partial charge in [-0.15, -0.1) is 0 Å². The van der Waals surface area contributed by atoms with Crippen LogP contribution >= 0.6 is 11.5 Å². The van der Waals surface area contributed by atoms with Crippen LogP contribution in [0.3, 0.4) is 0 Å². The number of hydrogen-bond donors (Lipinski definition) is 0. The molecule has 2 aromatic carbocycles. The van der Waals surface area contributed by atoms with Crippen molar-refractivity contribution in [3.63, 3.8) is 0 Å². The van der Waals surface area contributed by atoms with Gasteiger partial charge in [-0.3, -0.25) is 4.79 Å². The van der Waals surface area contributed by atoms with Crippen molar-refractivity contribution in [3.05, 3.63) is 65.7 Å². The normalized spacial score (nSPS) is 13.8. The molecule has 1 aliphatic heterocycles. The van der Waals surface area contributed by atoms with Crippen molar-refractivity contribution in [2.24, 2.45) is 0 Å². The minimum atomic E-state index is -0.261. The molecule has 0 N–H and O–H groups in total. The molecule has 0 bridgehead atoms. The molecule has 1 aromatic heterocycles. The summed E-state index contributed by atoms with van der Waals surface area (Å²) in [6.07, 6.45) is 0.531. The summed E-state index contributed by atoms with van der Waals surface area (Å²) in [4.78, 5) is 23.4. The first kappa shape index (κ1) is 23.0. The van der Waals surface area contributed by atoms with E-state index in [1.807, 2.05) is 42.0 Å². The average Bonchev–Trinajstić information content (AvgIpc) is 3.30. The Labute approximate surface area is 197 Å². The first-order valence-corrected chi connectivity index (χ1v) is 11.8. The summed E-state index contributed by atoms with van der Waals surface area (Å²) in [5.74, 6) is 1.36. The Kier molecular flexibility index (Phi) is 7.39. The number of halogens is 1. The number of ether oxygens (including phenoxy) is 1. The highest BCUT2D eigenvalue weighted by molar-refractivity contribution is 7.09. The zero-order valence-electron chi connectivity index (χ0n) is 18.9. The van der Waals surface area contributed by atoms with Crippen LogP contribution in [0.4, 0.5) is 15.2 Å². The molecular formula is C24H28FN5O2S. The molecule has 3 aromatic rings. The summed E-state index contributed by atoms with van der Waals surface area (Å²) in [7, 11) is 1.86. The van der Waals surface area contributed by atoms with Crippen LogP contribution in [0, 0.1) is 5.82 Å². The Morgan fingerprint density at radius 1 is 1.12 bits per heavy atom.